The maximum atomic E-state index is 12.2. The second-order valence-corrected chi connectivity index (χ2v) is 6.55. The van der Waals surface area contributed by atoms with Crippen molar-refractivity contribution in [1.29, 1.82) is 0 Å². The van der Waals surface area contributed by atoms with Crippen LogP contribution in [-0.4, -0.2) is 36.5 Å². The summed E-state index contributed by atoms with van der Waals surface area (Å²) in [7, 11) is 0. The molecule has 28 heavy (non-hydrogen) atoms. The fourth-order valence-electron chi connectivity index (χ4n) is 2.54. The number of carbonyl (C=O) groups is 3. The standard InChI is InChI=1S/C21H26N2O5/c1-15(10-11-17-7-4-3-5-8-17)23-20(25)16(2)28-19(24)12-13-22-21(26)18-9-6-14-27-18/h3-9,14-16H,10-13H2,1-2H3,(H,22,26)(H,23,25)/t15-,16+/m0/s1. The number of nitrogens with one attached hydrogen (secondary N) is 2. The van der Waals surface area contributed by atoms with E-state index in [9.17, 15) is 14.4 Å². The van der Waals surface area contributed by atoms with Crippen LogP contribution in [0, 0.1) is 0 Å². The van der Waals surface area contributed by atoms with E-state index in [0.717, 1.165) is 12.8 Å². The molecule has 7 nitrogen and oxygen atoms in total. The Morgan fingerprint density at radius 1 is 1.07 bits per heavy atom. The van der Waals surface area contributed by atoms with Gasteiger partial charge in [-0.05, 0) is 44.4 Å². The van der Waals surface area contributed by atoms with Gasteiger partial charge in [-0.15, -0.1) is 0 Å². The number of rotatable bonds is 10. The number of hydrogen-bond donors (Lipinski definition) is 2. The van der Waals surface area contributed by atoms with Crippen LogP contribution >= 0.6 is 0 Å². The van der Waals surface area contributed by atoms with Gasteiger partial charge < -0.3 is 19.8 Å². The number of esters is 1. The van der Waals surface area contributed by atoms with E-state index < -0.39 is 18.0 Å². The first-order valence-corrected chi connectivity index (χ1v) is 9.31. The van der Waals surface area contributed by atoms with E-state index in [4.69, 9.17) is 9.15 Å². The van der Waals surface area contributed by atoms with Crippen LogP contribution in [0.5, 0.6) is 0 Å². The van der Waals surface area contributed by atoms with E-state index in [1.54, 1.807) is 6.07 Å². The van der Waals surface area contributed by atoms with Crippen molar-refractivity contribution in [2.45, 2.75) is 45.3 Å². The molecule has 1 aromatic carbocycles. The van der Waals surface area contributed by atoms with Gasteiger partial charge in [-0.2, -0.15) is 0 Å². The Morgan fingerprint density at radius 2 is 1.82 bits per heavy atom. The summed E-state index contributed by atoms with van der Waals surface area (Å²) in [4.78, 5) is 35.7. The molecule has 7 heteroatoms. The first-order chi connectivity index (χ1) is 13.5. The highest BCUT2D eigenvalue weighted by Gasteiger charge is 2.19. The Morgan fingerprint density at radius 3 is 2.50 bits per heavy atom. The minimum absolute atomic E-state index is 0.0341. The molecule has 0 radical (unpaired) electrons. The number of carbonyl (C=O) groups excluding carboxylic acids is 3. The lowest BCUT2D eigenvalue weighted by Gasteiger charge is -2.18. The summed E-state index contributed by atoms with van der Waals surface area (Å²) in [5, 5.41) is 5.40. The van der Waals surface area contributed by atoms with Crippen LogP contribution < -0.4 is 10.6 Å². The Hall–Kier alpha value is -3.09. The molecular formula is C21H26N2O5. The van der Waals surface area contributed by atoms with Gasteiger partial charge in [-0.25, -0.2) is 0 Å². The fraction of sp³-hybridized carbons (Fsp3) is 0.381. The lowest BCUT2D eigenvalue weighted by molar-refractivity contribution is -0.154. The molecule has 0 bridgehead atoms. The zero-order valence-corrected chi connectivity index (χ0v) is 16.1. The molecule has 0 unspecified atom stereocenters. The smallest absolute Gasteiger partial charge is 0.308 e. The average Bonchev–Trinajstić information content (AvgIpc) is 3.22. The van der Waals surface area contributed by atoms with Gasteiger partial charge in [0.2, 0.25) is 0 Å². The minimum Gasteiger partial charge on any atom is -0.459 e. The Labute approximate surface area is 164 Å². The van der Waals surface area contributed by atoms with E-state index in [1.165, 1.54) is 24.8 Å². The Kier molecular flexibility index (Phi) is 8.27. The number of furan rings is 1. The Bertz CT molecular complexity index is 758. The third kappa shape index (κ3) is 7.26. The third-order valence-corrected chi connectivity index (χ3v) is 4.13. The summed E-state index contributed by atoms with van der Waals surface area (Å²) in [5.41, 5.74) is 1.21. The molecule has 2 N–H and O–H groups in total. The molecule has 150 valence electrons. The normalized spacial score (nSPS) is 12.6. The van der Waals surface area contributed by atoms with Crippen molar-refractivity contribution in [2.24, 2.45) is 0 Å². The van der Waals surface area contributed by atoms with Crippen molar-refractivity contribution in [3.8, 4) is 0 Å². The molecule has 0 saturated heterocycles. The highest BCUT2D eigenvalue weighted by Crippen LogP contribution is 2.05. The molecule has 0 spiro atoms. The van der Waals surface area contributed by atoms with Crippen LogP contribution in [0.1, 0.15) is 42.8 Å². The quantitative estimate of drug-likeness (QED) is 0.612. The van der Waals surface area contributed by atoms with Crippen LogP contribution in [0.4, 0.5) is 0 Å². The molecule has 2 aromatic rings. The molecule has 1 aromatic heterocycles. The molecule has 2 rings (SSSR count). The molecule has 0 aliphatic heterocycles. The number of hydrogen-bond acceptors (Lipinski definition) is 5. The van der Waals surface area contributed by atoms with Crippen molar-refractivity contribution >= 4 is 17.8 Å². The summed E-state index contributed by atoms with van der Waals surface area (Å²) < 4.78 is 10.1. The molecule has 1 heterocycles. The number of ether oxygens (including phenoxy) is 1. The predicted octanol–water partition coefficient (Wildman–Crippen LogP) is 2.47. The highest BCUT2D eigenvalue weighted by atomic mass is 16.5. The zero-order valence-electron chi connectivity index (χ0n) is 16.1. The van der Waals surface area contributed by atoms with E-state index >= 15 is 0 Å². The summed E-state index contributed by atoms with van der Waals surface area (Å²) in [6, 6.07) is 13.1. The predicted molar refractivity (Wildman–Crippen MR) is 104 cm³/mol. The summed E-state index contributed by atoms with van der Waals surface area (Å²) in [5.74, 6) is -1.13. The largest absolute Gasteiger partial charge is 0.459 e. The highest BCUT2D eigenvalue weighted by molar-refractivity contribution is 5.91. The summed E-state index contributed by atoms with van der Waals surface area (Å²) in [6.45, 7) is 3.54. The van der Waals surface area contributed by atoms with Gasteiger partial charge in [0.15, 0.2) is 11.9 Å². The number of benzene rings is 1. The van der Waals surface area contributed by atoms with Crippen molar-refractivity contribution < 1.29 is 23.5 Å². The monoisotopic (exact) mass is 386 g/mol. The summed E-state index contributed by atoms with van der Waals surface area (Å²) in [6.07, 6.45) is 2.10. The second kappa shape index (κ2) is 10.9. The topological polar surface area (TPSA) is 97.6 Å². The maximum Gasteiger partial charge on any atom is 0.308 e. The van der Waals surface area contributed by atoms with Gasteiger partial charge in [-0.3, -0.25) is 14.4 Å². The van der Waals surface area contributed by atoms with Gasteiger partial charge in [0.25, 0.3) is 11.8 Å². The van der Waals surface area contributed by atoms with E-state index in [0.29, 0.717) is 0 Å². The maximum absolute atomic E-state index is 12.2. The average molecular weight is 386 g/mol. The molecule has 2 atom stereocenters. The van der Waals surface area contributed by atoms with Crippen molar-refractivity contribution in [1.82, 2.24) is 10.6 Å². The van der Waals surface area contributed by atoms with Gasteiger partial charge in [0, 0.05) is 12.6 Å². The van der Waals surface area contributed by atoms with Crippen LogP contribution in [-0.2, 0) is 20.7 Å². The first kappa shape index (κ1) is 21.2. The molecule has 0 saturated carbocycles. The van der Waals surface area contributed by atoms with Crippen LogP contribution in [0.25, 0.3) is 0 Å². The lowest BCUT2D eigenvalue weighted by atomic mass is 10.1. The summed E-state index contributed by atoms with van der Waals surface area (Å²) >= 11 is 0. The van der Waals surface area contributed by atoms with E-state index in [2.05, 4.69) is 10.6 Å². The lowest BCUT2D eigenvalue weighted by Crippen LogP contribution is -2.41. The van der Waals surface area contributed by atoms with Gasteiger partial charge in [0.1, 0.15) is 0 Å². The fourth-order valence-corrected chi connectivity index (χ4v) is 2.54. The van der Waals surface area contributed by atoms with E-state index in [-0.39, 0.29) is 30.7 Å². The van der Waals surface area contributed by atoms with Crippen LogP contribution in [0.3, 0.4) is 0 Å². The van der Waals surface area contributed by atoms with Gasteiger partial charge in [-0.1, -0.05) is 30.3 Å². The number of amides is 2. The SMILES string of the molecule is C[C@@H](CCc1ccccc1)NC(=O)[C@@H](C)OC(=O)CCNC(=O)c1ccco1. The first-order valence-electron chi connectivity index (χ1n) is 9.31. The number of aryl methyl sites for hydroxylation is 1. The molecule has 2 amide bonds. The van der Waals surface area contributed by atoms with Crippen LogP contribution in [0.2, 0.25) is 0 Å². The molecule has 0 fully saturated rings. The Balaban J connectivity index is 1.63. The molecule has 0 aliphatic rings. The molecular weight excluding hydrogens is 360 g/mol. The van der Waals surface area contributed by atoms with Crippen molar-refractivity contribution in [3.63, 3.8) is 0 Å². The van der Waals surface area contributed by atoms with Crippen molar-refractivity contribution in [2.75, 3.05) is 6.54 Å². The third-order valence-electron chi connectivity index (χ3n) is 4.13. The van der Waals surface area contributed by atoms with Gasteiger partial charge >= 0.3 is 5.97 Å². The van der Waals surface area contributed by atoms with Gasteiger partial charge in [0.05, 0.1) is 12.7 Å². The second-order valence-electron chi connectivity index (χ2n) is 6.55. The molecule has 0 aliphatic carbocycles. The minimum atomic E-state index is -0.896. The van der Waals surface area contributed by atoms with E-state index in [1.807, 2.05) is 37.3 Å². The van der Waals surface area contributed by atoms with Crippen LogP contribution in [0.15, 0.2) is 53.1 Å². The van der Waals surface area contributed by atoms with Crippen molar-refractivity contribution in [3.05, 3.63) is 60.1 Å². The zero-order chi connectivity index (χ0) is 20.4.